The van der Waals surface area contributed by atoms with Crippen molar-refractivity contribution in [2.24, 2.45) is 0 Å². The molecule has 5 heteroatoms. The summed E-state index contributed by atoms with van der Waals surface area (Å²) in [6.45, 7) is 0. The fourth-order valence-electron chi connectivity index (χ4n) is 2.04. The molecule has 2 rings (SSSR count). The molecule has 0 amide bonds. The number of benzene rings is 1. The maximum atomic E-state index is 13.4. The molecule has 92 valence electrons. The van der Waals surface area contributed by atoms with Crippen molar-refractivity contribution >= 4 is 0 Å². The fraction of sp³-hybridized carbons (Fsp3) is 0.333. The quantitative estimate of drug-likeness (QED) is 0.302. The monoisotopic (exact) mass is 248 g/mol. The van der Waals surface area contributed by atoms with Crippen molar-refractivity contribution in [1.82, 2.24) is 0 Å². The molecule has 1 aromatic rings. The summed E-state index contributed by atoms with van der Waals surface area (Å²) in [7, 11) is 0. The minimum Gasteiger partial charge on any atom is -0.203 e. The molecule has 17 heavy (non-hydrogen) atoms. The van der Waals surface area contributed by atoms with E-state index in [9.17, 15) is 22.0 Å². The number of allylic oxidation sites excluding steroid dienone is 2. The van der Waals surface area contributed by atoms with E-state index in [0.29, 0.717) is 19.3 Å². The van der Waals surface area contributed by atoms with E-state index in [4.69, 9.17) is 0 Å². The lowest BCUT2D eigenvalue weighted by molar-refractivity contribution is 0.361. The van der Waals surface area contributed by atoms with Crippen LogP contribution in [0.5, 0.6) is 0 Å². The summed E-state index contributed by atoms with van der Waals surface area (Å²) < 4.78 is 65.7. The molecule has 0 saturated carbocycles. The molecule has 0 nitrogen and oxygen atoms in total. The first-order chi connectivity index (χ1) is 8.04. The first-order valence-electron chi connectivity index (χ1n) is 5.20. The molecule has 1 aliphatic rings. The van der Waals surface area contributed by atoms with Gasteiger partial charge in [-0.3, -0.25) is 0 Å². The number of hydrogen-bond acceptors (Lipinski definition) is 0. The van der Waals surface area contributed by atoms with Crippen LogP contribution in [0.3, 0.4) is 0 Å². The van der Waals surface area contributed by atoms with Gasteiger partial charge in [0.2, 0.25) is 5.82 Å². The molecular formula is C12H9F5. The summed E-state index contributed by atoms with van der Waals surface area (Å²) in [5, 5.41) is 0. The maximum Gasteiger partial charge on any atom is 0.200 e. The van der Waals surface area contributed by atoms with Crippen molar-refractivity contribution in [3.63, 3.8) is 0 Å². The largest absolute Gasteiger partial charge is 0.203 e. The Bertz CT molecular complexity index is 449. The lowest BCUT2D eigenvalue weighted by Gasteiger charge is -2.20. The molecule has 1 aromatic carbocycles. The minimum absolute atomic E-state index is 0.290. The van der Waals surface area contributed by atoms with Gasteiger partial charge >= 0.3 is 0 Å². The minimum atomic E-state index is -2.10. The molecule has 0 fully saturated rings. The van der Waals surface area contributed by atoms with E-state index in [1.807, 2.05) is 6.08 Å². The number of hydrogen-bond donors (Lipinski definition) is 0. The van der Waals surface area contributed by atoms with Crippen LogP contribution in [-0.2, 0) is 0 Å². The number of rotatable bonds is 1. The van der Waals surface area contributed by atoms with Crippen molar-refractivity contribution in [1.29, 1.82) is 0 Å². The summed E-state index contributed by atoms with van der Waals surface area (Å²) >= 11 is 0. The zero-order valence-corrected chi connectivity index (χ0v) is 8.74. The lowest BCUT2D eigenvalue weighted by Crippen LogP contribution is -2.12. The smallest absolute Gasteiger partial charge is 0.200 e. The molecule has 0 saturated heterocycles. The second-order valence-electron chi connectivity index (χ2n) is 3.96. The maximum absolute atomic E-state index is 13.4. The van der Waals surface area contributed by atoms with Crippen molar-refractivity contribution in [3.8, 4) is 0 Å². The van der Waals surface area contributed by atoms with Crippen LogP contribution < -0.4 is 0 Å². The third-order valence-electron chi connectivity index (χ3n) is 2.92. The molecule has 1 atom stereocenters. The van der Waals surface area contributed by atoms with E-state index in [0.717, 1.165) is 0 Å². The van der Waals surface area contributed by atoms with E-state index in [1.165, 1.54) is 0 Å². The summed E-state index contributed by atoms with van der Waals surface area (Å²) in [5.41, 5.74) is -0.689. The van der Waals surface area contributed by atoms with E-state index >= 15 is 0 Å². The highest BCUT2D eigenvalue weighted by Crippen LogP contribution is 2.35. The molecule has 1 unspecified atom stereocenters. The van der Waals surface area contributed by atoms with Gasteiger partial charge in [0.05, 0.1) is 0 Å². The molecule has 0 radical (unpaired) electrons. The van der Waals surface area contributed by atoms with Gasteiger partial charge in [-0.15, -0.1) is 0 Å². The lowest BCUT2D eigenvalue weighted by atomic mass is 9.87. The summed E-state index contributed by atoms with van der Waals surface area (Å²) in [6, 6.07) is 0. The van der Waals surface area contributed by atoms with Gasteiger partial charge < -0.3 is 0 Å². The Kier molecular flexibility index (Phi) is 3.17. The van der Waals surface area contributed by atoms with Crippen LogP contribution >= 0.6 is 0 Å². The van der Waals surface area contributed by atoms with Crippen LogP contribution in [0.2, 0.25) is 0 Å². The van der Waals surface area contributed by atoms with E-state index in [1.54, 1.807) is 6.08 Å². The fourth-order valence-corrected chi connectivity index (χ4v) is 2.04. The first-order valence-corrected chi connectivity index (χ1v) is 5.20. The Labute approximate surface area is 94.8 Å². The van der Waals surface area contributed by atoms with Crippen molar-refractivity contribution < 1.29 is 22.0 Å². The molecule has 0 spiro atoms. The molecule has 0 heterocycles. The molecule has 1 aliphatic carbocycles. The third kappa shape index (κ3) is 1.94. The first kappa shape index (κ1) is 12.1. The van der Waals surface area contributed by atoms with Crippen LogP contribution in [0.25, 0.3) is 0 Å². The topological polar surface area (TPSA) is 0 Å². The number of halogens is 5. The van der Waals surface area contributed by atoms with Gasteiger partial charge in [-0.05, 0) is 25.2 Å². The van der Waals surface area contributed by atoms with Crippen molar-refractivity contribution in [3.05, 3.63) is 46.8 Å². The second-order valence-corrected chi connectivity index (χ2v) is 3.96. The highest BCUT2D eigenvalue weighted by molar-refractivity contribution is 5.28. The van der Waals surface area contributed by atoms with Crippen molar-refractivity contribution in [2.75, 3.05) is 0 Å². The van der Waals surface area contributed by atoms with Gasteiger partial charge in [-0.2, -0.15) is 0 Å². The highest BCUT2D eigenvalue weighted by atomic mass is 19.2. The van der Waals surface area contributed by atoms with Gasteiger partial charge in [0.25, 0.3) is 0 Å². The standard InChI is InChI=1S/C12H9F5/c13-8-7(6-4-2-1-3-5-6)9(14)11(16)12(17)10(8)15/h1-2,6H,3-5H2. The second kappa shape index (κ2) is 4.47. The zero-order chi connectivity index (χ0) is 12.6. The van der Waals surface area contributed by atoms with Crippen molar-refractivity contribution in [2.45, 2.75) is 25.2 Å². The average molecular weight is 248 g/mol. The Hall–Kier alpha value is -1.39. The molecule has 0 bridgehead atoms. The molecule has 0 aromatic heterocycles. The molecule has 0 aliphatic heterocycles. The van der Waals surface area contributed by atoms with Crippen LogP contribution in [0.15, 0.2) is 12.2 Å². The van der Waals surface area contributed by atoms with E-state index in [-0.39, 0.29) is 0 Å². The summed E-state index contributed by atoms with van der Waals surface area (Å²) in [5.74, 6) is -9.90. The molecule has 0 N–H and O–H groups in total. The van der Waals surface area contributed by atoms with Gasteiger partial charge in [0.15, 0.2) is 23.3 Å². The third-order valence-corrected chi connectivity index (χ3v) is 2.92. The normalized spacial score (nSPS) is 19.7. The Morgan fingerprint density at radius 1 is 0.765 bits per heavy atom. The van der Waals surface area contributed by atoms with Crippen LogP contribution in [0.1, 0.15) is 30.7 Å². The summed E-state index contributed by atoms with van der Waals surface area (Å²) in [4.78, 5) is 0. The predicted octanol–water partition coefficient (Wildman–Crippen LogP) is 4.21. The van der Waals surface area contributed by atoms with Crippen LogP contribution in [-0.4, -0.2) is 0 Å². The van der Waals surface area contributed by atoms with Crippen LogP contribution in [0.4, 0.5) is 22.0 Å². The zero-order valence-electron chi connectivity index (χ0n) is 8.74. The van der Waals surface area contributed by atoms with E-state index < -0.39 is 40.6 Å². The Balaban J connectivity index is 2.57. The average Bonchev–Trinajstić information content (AvgIpc) is 2.36. The Morgan fingerprint density at radius 3 is 1.76 bits per heavy atom. The predicted molar refractivity (Wildman–Crippen MR) is 52.0 cm³/mol. The van der Waals surface area contributed by atoms with Gasteiger partial charge in [0, 0.05) is 5.56 Å². The highest BCUT2D eigenvalue weighted by Gasteiger charge is 2.30. The summed E-state index contributed by atoms with van der Waals surface area (Å²) in [6.07, 6.45) is 4.76. The van der Waals surface area contributed by atoms with Gasteiger partial charge in [-0.25, -0.2) is 22.0 Å². The van der Waals surface area contributed by atoms with Gasteiger partial charge in [-0.1, -0.05) is 12.2 Å². The van der Waals surface area contributed by atoms with Gasteiger partial charge in [0.1, 0.15) is 0 Å². The van der Waals surface area contributed by atoms with E-state index in [2.05, 4.69) is 0 Å². The van der Waals surface area contributed by atoms with Crippen LogP contribution in [0, 0.1) is 29.1 Å². The molecular weight excluding hydrogens is 239 g/mol. The Morgan fingerprint density at radius 2 is 1.29 bits per heavy atom. The SMILES string of the molecule is Fc1c(F)c(F)c(C2CC=CCC2)c(F)c1F.